The molecule has 6 heterocycles. The molecular weight excluding hydrogens is 1030 g/mol. The minimum absolute atomic E-state index is 0.0365. The lowest BCUT2D eigenvalue weighted by Gasteiger charge is -2.20. The number of nitrogens with one attached hydrogen (secondary N) is 1. The number of amides is 1. The molecule has 7 aromatic rings. The van der Waals surface area contributed by atoms with Crippen LogP contribution in [0, 0.1) is 33.8 Å². The Balaban J connectivity index is 0.000000151. The number of rotatable bonds is 10. The van der Waals surface area contributed by atoms with Crippen LogP contribution in [0.15, 0.2) is 135 Å². The molecule has 0 radical (unpaired) electrons. The number of aromatic nitrogens is 8. The van der Waals surface area contributed by atoms with E-state index in [1.165, 1.54) is 72.6 Å². The number of fused-ring (bicyclic) bond motifs is 2. The van der Waals surface area contributed by atoms with Gasteiger partial charge in [0.25, 0.3) is 5.69 Å². The molecule has 11 rings (SSSR count). The highest BCUT2D eigenvalue weighted by molar-refractivity contribution is 5.89. The quantitative estimate of drug-likeness (QED) is 0.0759. The van der Waals surface area contributed by atoms with Gasteiger partial charge in [-0.25, -0.2) is 39.1 Å². The van der Waals surface area contributed by atoms with E-state index in [1.54, 1.807) is 60.3 Å². The summed E-state index contributed by atoms with van der Waals surface area (Å²) in [7, 11) is 0. The number of nitrogens with zero attached hydrogens (tertiary/aromatic N) is 10. The molecule has 80 heavy (non-hydrogen) atoms. The van der Waals surface area contributed by atoms with Crippen LogP contribution in [0.5, 0.6) is 17.2 Å². The van der Waals surface area contributed by atoms with Crippen LogP contribution in [0.4, 0.5) is 15.3 Å². The number of hydrogen-bond donors (Lipinski definition) is 1. The van der Waals surface area contributed by atoms with Crippen LogP contribution in [0.3, 0.4) is 0 Å². The van der Waals surface area contributed by atoms with Crippen LogP contribution >= 0.6 is 0 Å². The van der Waals surface area contributed by atoms with Gasteiger partial charge in [0.15, 0.2) is 11.4 Å². The van der Waals surface area contributed by atoms with Crippen molar-refractivity contribution in [2.75, 3.05) is 26.2 Å². The van der Waals surface area contributed by atoms with E-state index in [0.29, 0.717) is 31.0 Å². The Morgan fingerprint density at radius 3 is 1.54 bits per heavy atom. The van der Waals surface area contributed by atoms with Crippen molar-refractivity contribution in [3.63, 3.8) is 0 Å². The number of likely N-dealkylation sites (tertiary alicyclic amines) is 1. The van der Waals surface area contributed by atoms with Gasteiger partial charge in [0.05, 0.1) is 28.5 Å². The Kier molecular flexibility index (Phi) is 17.0. The van der Waals surface area contributed by atoms with Crippen molar-refractivity contribution in [3.05, 3.63) is 156 Å². The molecule has 2 aliphatic carbocycles. The lowest BCUT2D eigenvalue weighted by Crippen LogP contribution is -2.35. The molecule has 4 fully saturated rings. The molecule has 0 spiro atoms. The highest BCUT2D eigenvalue weighted by Gasteiger charge is 2.44. The summed E-state index contributed by atoms with van der Waals surface area (Å²) >= 11 is 0. The summed E-state index contributed by atoms with van der Waals surface area (Å²) < 4.78 is 30.1. The number of nitro benzene ring substituents is 1. The zero-order valence-electron chi connectivity index (χ0n) is 45.3. The smallest absolute Gasteiger partial charge is 0.440 e. The second-order valence-corrected chi connectivity index (χ2v) is 22.0. The highest BCUT2D eigenvalue weighted by Crippen LogP contribution is 2.41. The van der Waals surface area contributed by atoms with Crippen molar-refractivity contribution in [1.29, 1.82) is 0 Å². The monoisotopic (exact) mass is 1090 g/mol. The standard InChI is InChI=1S/C26H29N5O4.C17H19N3O.C15H15N3O6/c1-26(2,3)35-24(32)23-8-10-31(29-23)25(33)30-14-18-12-21(13-19(18)15-30)34-20-6-4-5-17(11-20)22-7-9-27-16-28-22;1-2-12(17-4-5-18-11-20-17)6-15(3-1)21-16-7-13-9-19-10-14(13)8-16;1-15(2,3)24-13(19)12-8-9-17(16-12)14(20)23-11-6-4-10(5-7-11)18(21)22/h4-11,16,18-19,21H,12-15H2,1-3H3;1-6,11,13-14,16,19H,7-10H2;4-9H,1-3H3/t18-,19+,21?;13-,14+,16?;. The number of esters is 2. The van der Waals surface area contributed by atoms with E-state index in [4.69, 9.17) is 23.7 Å². The SMILES string of the molecule is CC(C)(C)OC(=O)c1ccn(C(=O)N2C[C@H]3CC(Oc4cccc(-c5ccncn5)c4)C[C@H]3C2)n1.CC(C)(C)OC(=O)c1ccn(C(=O)Oc2ccc([N+](=O)[O-])cc2)n1.c1cc(OC2C[C@H]3CNC[C@H]3C2)cc(-c2ccncn2)c1. The first kappa shape index (κ1) is 55.8. The van der Waals surface area contributed by atoms with E-state index in [-0.39, 0.29) is 35.0 Å². The van der Waals surface area contributed by atoms with Gasteiger partial charge >= 0.3 is 24.1 Å². The van der Waals surface area contributed by atoms with Crippen LogP contribution in [-0.2, 0) is 9.47 Å². The molecule has 2 saturated heterocycles. The van der Waals surface area contributed by atoms with Gasteiger partial charge in [-0.2, -0.15) is 19.6 Å². The van der Waals surface area contributed by atoms with Crippen LogP contribution in [0.25, 0.3) is 22.5 Å². The van der Waals surface area contributed by atoms with Crippen LogP contribution in [0.1, 0.15) is 88.2 Å². The molecule has 6 atom stereocenters. The van der Waals surface area contributed by atoms with Crippen LogP contribution in [-0.4, -0.2) is 123 Å². The number of benzene rings is 3. The normalized spacial score (nSPS) is 19.9. The lowest BCUT2D eigenvalue weighted by atomic mass is 10.0. The molecule has 2 saturated carbocycles. The van der Waals surface area contributed by atoms with Crippen molar-refractivity contribution < 1.29 is 47.8 Å². The Labute approximate surface area is 462 Å². The van der Waals surface area contributed by atoms with Crippen molar-refractivity contribution in [2.24, 2.45) is 23.7 Å². The van der Waals surface area contributed by atoms with Crippen molar-refractivity contribution >= 4 is 29.8 Å². The fraction of sp³-hybridized carbons (Fsp3) is 0.379. The zero-order chi connectivity index (χ0) is 56.6. The number of nitro groups is 1. The van der Waals surface area contributed by atoms with E-state index in [1.807, 2.05) is 53.4 Å². The summed E-state index contributed by atoms with van der Waals surface area (Å²) in [5, 5.41) is 22.0. The third kappa shape index (κ3) is 14.8. The molecule has 22 heteroatoms. The Morgan fingerprint density at radius 2 is 1.07 bits per heavy atom. The number of hydrogen-bond acceptors (Lipinski definition) is 18. The first-order valence-electron chi connectivity index (χ1n) is 26.4. The largest absolute Gasteiger partial charge is 0.490 e. The van der Waals surface area contributed by atoms with E-state index in [0.717, 1.165) is 76.5 Å². The fourth-order valence-corrected chi connectivity index (χ4v) is 10.1. The van der Waals surface area contributed by atoms with Crippen LogP contribution < -0.4 is 19.5 Å². The van der Waals surface area contributed by atoms with Crippen molar-refractivity contribution in [2.45, 2.75) is 90.6 Å². The maximum Gasteiger partial charge on any atom is 0.440 e. The average molecular weight is 1090 g/mol. The summed E-state index contributed by atoms with van der Waals surface area (Å²) in [6.45, 7) is 14.2. The molecule has 22 nitrogen and oxygen atoms in total. The molecule has 2 aliphatic heterocycles. The zero-order valence-corrected chi connectivity index (χ0v) is 45.3. The van der Waals surface area contributed by atoms with Crippen molar-refractivity contribution in [3.8, 4) is 39.8 Å². The molecule has 2 unspecified atom stereocenters. The Hall–Kier alpha value is -8.92. The number of ether oxygens (including phenoxy) is 5. The maximum atomic E-state index is 13.0. The molecular formula is C58H63N11O11. The number of carbonyl (C=O) groups excluding carboxylic acids is 4. The maximum absolute atomic E-state index is 13.0. The summed E-state index contributed by atoms with van der Waals surface area (Å²) in [4.78, 5) is 77.3. The number of carbonyl (C=O) groups is 4. The predicted octanol–water partition coefficient (Wildman–Crippen LogP) is 9.37. The number of non-ortho nitro benzene ring substituents is 1. The first-order valence-corrected chi connectivity index (χ1v) is 26.4. The average Bonchev–Trinajstić information content (AvgIpc) is 4.34. The minimum atomic E-state index is -0.862. The topological polar surface area (TPSA) is 260 Å². The molecule has 4 aromatic heterocycles. The van der Waals surface area contributed by atoms with E-state index in [2.05, 4.69) is 47.6 Å². The van der Waals surface area contributed by atoms with Crippen LogP contribution in [0.2, 0.25) is 0 Å². The molecule has 0 bridgehead atoms. The first-order chi connectivity index (χ1) is 38.3. The summed E-state index contributed by atoms with van der Waals surface area (Å²) in [5.41, 5.74) is 2.53. The lowest BCUT2D eigenvalue weighted by molar-refractivity contribution is -0.384. The van der Waals surface area contributed by atoms with E-state index >= 15 is 0 Å². The van der Waals surface area contributed by atoms with Gasteiger partial charge in [-0.15, -0.1) is 0 Å². The second kappa shape index (κ2) is 24.4. The van der Waals surface area contributed by atoms with Crippen molar-refractivity contribution in [1.82, 2.24) is 49.7 Å². The summed E-state index contributed by atoms with van der Waals surface area (Å²) in [5.74, 6) is 3.06. The Morgan fingerprint density at radius 1 is 0.600 bits per heavy atom. The molecule has 3 aromatic carbocycles. The fourth-order valence-electron chi connectivity index (χ4n) is 10.1. The molecule has 1 amide bonds. The third-order valence-corrected chi connectivity index (χ3v) is 13.6. The van der Waals surface area contributed by atoms with Gasteiger partial charge in [-0.05, 0) is 165 Å². The van der Waals surface area contributed by atoms with Gasteiger partial charge in [0.2, 0.25) is 0 Å². The molecule has 1 N–H and O–H groups in total. The molecule has 416 valence electrons. The minimum Gasteiger partial charge on any atom is -0.490 e. The van der Waals surface area contributed by atoms with Gasteiger partial charge in [0.1, 0.15) is 41.1 Å². The van der Waals surface area contributed by atoms with Gasteiger partial charge in [0, 0.05) is 61.1 Å². The van der Waals surface area contributed by atoms with Gasteiger partial charge in [-0.1, -0.05) is 24.3 Å². The van der Waals surface area contributed by atoms with E-state index in [9.17, 15) is 29.3 Å². The second-order valence-electron chi connectivity index (χ2n) is 22.0. The molecule has 4 aliphatic rings. The summed E-state index contributed by atoms with van der Waals surface area (Å²) in [6, 6.07) is 27.6. The Bertz CT molecular complexity index is 3260. The summed E-state index contributed by atoms with van der Waals surface area (Å²) in [6.07, 6.45) is 13.1. The van der Waals surface area contributed by atoms with Gasteiger partial charge < -0.3 is 33.9 Å². The third-order valence-electron chi connectivity index (χ3n) is 13.6. The van der Waals surface area contributed by atoms with E-state index < -0.39 is 34.2 Å². The predicted molar refractivity (Wildman–Crippen MR) is 291 cm³/mol. The van der Waals surface area contributed by atoms with Gasteiger partial charge in [-0.3, -0.25) is 10.1 Å². The highest BCUT2D eigenvalue weighted by atomic mass is 16.6.